The summed E-state index contributed by atoms with van der Waals surface area (Å²) in [5, 5.41) is 18.6. The van der Waals surface area contributed by atoms with E-state index in [4.69, 9.17) is 10.1 Å². The summed E-state index contributed by atoms with van der Waals surface area (Å²) in [5.41, 5.74) is 7.30. The van der Waals surface area contributed by atoms with Crippen molar-refractivity contribution in [3.05, 3.63) is 77.2 Å². The van der Waals surface area contributed by atoms with Crippen LogP contribution in [-0.2, 0) is 9.36 Å². The van der Waals surface area contributed by atoms with Crippen LogP contribution in [0.15, 0.2) is 54.6 Å². The third-order valence-electron chi connectivity index (χ3n) is 5.39. The maximum atomic E-state index is 13.6. The Bertz CT molecular complexity index is 1340. The monoisotopic (exact) mass is 495 g/mol. The van der Waals surface area contributed by atoms with Gasteiger partial charge in [0.05, 0.1) is 35.6 Å². The van der Waals surface area contributed by atoms with Gasteiger partial charge in [0, 0.05) is 11.1 Å². The van der Waals surface area contributed by atoms with Crippen molar-refractivity contribution >= 4 is 13.3 Å². The number of hydrogen-bond donors (Lipinski definition) is 3. The van der Waals surface area contributed by atoms with Gasteiger partial charge in [-0.15, -0.1) is 0 Å². The number of aliphatic hydroxyl groups excluding tert-OH is 1. The topological polar surface area (TPSA) is 108 Å². The Morgan fingerprint density at radius 2 is 1.77 bits per heavy atom. The number of aliphatic carboxylic acids is 1. The fourth-order valence-corrected chi connectivity index (χ4v) is 4.79. The number of aromatic nitrogens is 1. The van der Waals surface area contributed by atoms with Crippen LogP contribution in [0.1, 0.15) is 43.0 Å². The lowest BCUT2D eigenvalue weighted by Crippen LogP contribution is -2.17. The molecule has 0 aliphatic carbocycles. The van der Waals surface area contributed by atoms with Crippen molar-refractivity contribution in [3.63, 3.8) is 0 Å². The zero-order chi connectivity index (χ0) is 25.8. The Morgan fingerprint density at radius 3 is 2.37 bits per heavy atom. The van der Waals surface area contributed by atoms with Crippen molar-refractivity contribution in [1.82, 2.24) is 4.98 Å². The number of nitrogens with zero attached hydrogens (tertiary/aromatic N) is 1. The van der Waals surface area contributed by atoms with E-state index in [0.717, 1.165) is 11.1 Å². The van der Waals surface area contributed by atoms with Gasteiger partial charge in [0.1, 0.15) is 5.82 Å². The Morgan fingerprint density at radius 1 is 1.11 bits per heavy atom. The molecule has 35 heavy (non-hydrogen) atoms. The normalized spacial score (nSPS) is 13.6. The molecular formula is C27H27FNO5P. The molecule has 1 heterocycles. The molecule has 0 aliphatic rings. The van der Waals surface area contributed by atoms with Gasteiger partial charge in [-0.2, -0.15) is 0 Å². The molecule has 0 saturated heterocycles. The average molecular weight is 495 g/mol. The second-order valence-electron chi connectivity index (χ2n) is 8.66. The summed E-state index contributed by atoms with van der Waals surface area (Å²) in [6.45, 7) is 5.83. The van der Waals surface area contributed by atoms with Crippen molar-refractivity contribution in [2.45, 2.75) is 39.2 Å². The number of carboxylic acid groups (broad SMARTS) is 1. The summed E-state index contributed by atoms with van der Waals surface area (Å²) in [7, 11) is -4.18. The molecule has 0 saturated carbocycles. The first-order chi connectivity index (χ1) is 16.5. The lowest BCUT2D eigenvalue weighted by molar-refractivity contribution is -0.138. The highest BCUT2D eigenvalue weighted by molar-refractivity contribution is 7.63. The number of pyridine rings is 1. The molecule has 3 aromatic rings. The number of carboxylic acids is 1. The smallest absolute Gasteiger partial charge is 0.305 e. The summed E-state index contributed by atoms with van der Waals surface area (Å²) in [5.74, 6) is 1.02. The van der Waals surface area contributed by atoms with Gasteiger partial charge >= 0.3 is 5.97 Å². The minimum absolute atomic E-state index is 0.0989. The van der Waals surface area contributed by atoms with E-state index in [1.807, 2.05) is 51.1 Å². The molecule has 3 N–H and O–H groups in total. The van der Waals surface area contributed by atoms with Gasteiger partial charge in [0.15, 0.2) is 0 Å². The molecule has 0 radical (unpaired) electrons. The van der Waals surface area contributed by atoms with Gasteiger partial charge in [-0.1, -0.05) is 56.2 Å². The number of carbonyl (C=O) groups is 1. The molecule has 0 aliphatic heterocycles. The van der Waals surface area contributed by atoms with Crippen LogP contribution in [0.25, 0.3) is 22.4 Å². The van der Waals surface area contributed by atoms with E-state index in [1.54, 1.807) is 12.1 Å². The Balaban J connectivity index is 2.21. The minimum atomic E-state index is -4.18. The standard InChI is InChI=1S/C27H27FNO5P/c1-17(2)27-23(12-13-35(33,34)16-21(30)14-26(31)32)24(19-8-10-20(28)11-9-19)15-25(29-27)22-7-5-4-6-18(22)3/h4-11,15,17,21,30H,14,16H2,1-3H3,(H,31,32)(H,33,34)/t21-/m0/s1. The second-order valence-corrected chi connectivity index (χ2v) is 10.7. The molecule has 0 amide bonds. The number of halogens is 1. The molecule has 1 unspecified atom stereocenters. The Kier molecular flexibility index (Phi) is 8.24. The summed E-state index contributed by atoms with van der Waals surface area (Å²) >= 11 is 0. The van der Waals surface area contributed by atoms with Crippen LogP contribution in [0.2, 0.25) is 0 Å². The molecular weight excluding hydrogens is 468 g/mol. The van der Waals surface area contributed by atoms with E-state index in [-0.39, 0.29) is 5.92 Å². The Labute approximate surface area is 203 Å². The lowest BCUT2D eigenvalue weighted by Gasteiger charge is -2.17. The van der Waals surface area contributed by atoms with Gasteiger partial charge in [0.2, 0.25) is 0 Å². The van der Waals surface area contributed by atoms with Crippen molar-refractivity contribution < 1.29 is 28.9 Å². The van der Waals surface area contributed by atoms with Gasteiger partial charge in [0.25, 0.3) is 7.37 Å². The SMILES string of the molecule is Cc1ccccc1-c1cc(-c2ccc(F)cc2)c(C#CP(=O)(O)C[C@@H](O)CC(=O)O)c(C(C)C)n1. The van der Waals surface area contributed by atoms with Crippen molar-refractivity contribution in [2.75, 3.05) is 6.16 Å². The van der Waals surface area contributed by atoms with Crippen LogP contribution >= 0.6 is 7.37 Å². The summed E-state index contributed by atoms with van der Waals surface area (Å²) < 4.78 is 26.3. The highest BCUT2D eigenvalue weighted by atomic mass is 31.2. The van der Waals surface area contributed by atoms with Crippen molar-refractivity contribution in [3.8, 4) is 34.0 Å². The molecule has 3 rings (SSSR count). The van der Waals surface area contributed by atoms with Crippen molar-refractivity contribution in [1.29, 1.82) is 0 Å². The van der Waals surface area contributed by atoms with Crippen LogP contribution in [0.4, 0.5) is 4.39 Å². The molecule has 0 fully saturated rings. The molecule has 2 aromatic carbocycles. The molecule has 182 valence electrons. The zero-order valence-electron chi connectivity index (χ0n) is 19.7. The number of aliphatic hydroxyl groups is 1. The maximum Gasteiger partial charge on any atom is 0.305 e. The van der Waals surface area contributed by atoms with E-state index in [9.17, 15) is 23.7 Å². The van der Waals surface area contributed by atoms with Crippen LogP contribution in [0.5, 0.6) is 0 Å². The number of hydrogen-bond acceptors (Lipinski definition) is 4. The molecule has 6 nitrogen and oxygen atoms in total. The van der Waals surface area contributed by atoms with E-state index < -0.39 is 37.8 Å². The first kappa shape index (κ1) is 26.3. The number of rotatable bonds is 7. The van der Waals surface area contributed by atoms with Gasteiger partial charge in [-0.3, -0.25) is 14.3 Å². The lowest BCUT2D eigenvalue weighted by atomic mass is 9.92. The van der Waals surface area contributed by atoms with Crippen LogP contribution < -0.4 is 0 Å². The van der Waals surface area contributed by atoms with E-state index in [1.165, 1.54) is 12.1 Å². The Hall–Kier alpha value is -3.30. The summed E-state index contributed by atoms with van der Waals surface area (Å²) in [6, 6.07) is 15.5. The third kappa shape index (κ3) is 6.86. The van der Waals surface area contributed by atoms with Gasteiger partial charge < -0.3 is 15.1 Å². The highest BCUT2D eigenvalue weighted by Crippen LogP contribution is 2.41. The van der Waals surface area contributed by atoms with Crippen LogP contribution in [-0.4, -0.2) is 38.3 Å². The maximum absolute atomic E-state index is 13.6. The zero-order valence-corrected chi connectivity index (χ0v) is 20.6. The largest absolute Gasteiger partial charge is 0.481 e. The molecule has 1 aromatic heterocycles. The number of aryl methyl sites for hydroxylation is 1. The fraction of sp³-hybridized carbons (Fsp3) is 0.259. The predicted molar refractivity (Wildman–Crippen MR) is 134 cm³/mol. The van der Waals surface area contributed by atoms with Crippen LogP contribution in [0.3, 0.4) is 0 Å². The minimum Gasteiger partial charge on any atom is -0.481 e. The summed E-state index contributed by atoms with van der Waals surface area (Å²) in [6.07, 6.45) is -2.82. The second kappa shape index (κ2) is 11.0. The number of benzene rings is 2. The first-order valence-electron chi connectivity index (χ1n) is 11.1. The molecule has 8 heteroatoms. The van der Waals surface area contributed by atoms with Gasteiger partial charge in [-0.05, 0) is 47.8 Å². The van der Waals surface area contributed by atoms with Gasteiger partial charge in [-0.25, -0.2) is 4.39 Å². The van der Waals surface area contributed by atoms with Crippen molar-refractivity contribution in [2.24, 2.45) is 0 Å². The predicted octanol–water partition coefficient (Wildman–Crippen LogP) is 5.40. The molecule has 0 bridgehead atoms. The quantitative estimate of drug-likeness (QED) is 0.299. The highest BCUT2D eigenvalue weighted by Gasteiger charge is 2.23. The van der Waals surface area contributed by atoms with E-state index in [0.29, 0.717) is 28.1 Å². The van der Waals surface area contributed by atoms with E-state index in [2.05, 4.69) is 11.6 Å². The third-order valence-corrected chi connectivity index (χ3v) is 6.77. The summed E-state index contributed by atoms with van der Waals surface area (Å²) in [4.78, 5) is 25.9. The van der Waals surface area contributed by atoms with Crippen LogP contribution in [0, 0.1) is 24.3 Å². The first-order valence-corrected chi connectivity index (χ1v) is 12.9. The van der Waals surface area contributed by atoms with E-state index >= 15 is 0 Å². The average Bonchev–Trinajstić information content (AvgIpc) is 2.77. The molecule has 2 atom stereocenters. The molecule has 0 spiro atoms. The fourth-order valence-electron chi connectivity index (χ4n) is 3.71.